The van der Waals surface area contributed by atoms with E-state index in [0.29, 0.717) is 6.42 Å². The second-order valence-corrected chi connectivity index (χ2v) is 8.76. The van der Waals surface area contributed by atoms with Crippen molar-refractivity contribution in [1.82, 2.24) is 9.97 Å². The highest BCUT2D eigenvalue weighted by Gasteiger charge is 2.06. The van der Waals surface area contributed by atoms with Gasteiger partial charge in [-0.3, -0.25) is 0 Å². The topological polar surface area (TPSA) is 72.0 Å². The van der Waals surface area contributed by atoms with Gasteiger partial charge in [0.05, 0.1) is 11.3 Å². The van der Waals surface area contributed by atoms with Crippen molar-refractivity contribution in [1.29, 1.82) is 0 Å². The predicted octanol–water partition coefficient (Wildman–Crippen LogP) is 3.72. The lowest BCUT2D eigenvalue weighted by Crippen LogP contribution is -2.05. The molecule has 3 rings (SSSR count). The molecule has 1 aromatic heterocycles. The van der Waals surface area contributed by atoms with Gasteiger partial charge in [0.2, 0.25) is 0 Å². The van der Waals surface area contributed by atoms with Gasteiger partial charge in [-0.25, -0.2) is 18.4 Å². The maximum absolute atomic E-state index is 11.2. The molecule has 0 unspecified atom stereocenters. The zero-order valence-electron chi connectivity index (χ0n) is 13.0. The molecule has 2 aromatic carbocycles. The highest BCUT2D eigenvalue weighted by atomic mass is 79.9. The lowest BCUT2D eigenvalue weighted by molar-refractivity contribution is 0.601. The van der Waals surface area contributed by atoms with Crippen LogP contribution in [0.5, 0.6) is 0 Å². The monoisotopic (exact) mass is 405 g/mol. The Morgan fingerprint density at radius 1 is 1.08 bits per heavy atom. The number of aromatic nitrogens is 2. The Morgan fingerprint density at radius 2 is 1.83 bits per heavy atom. The molecule has 0 bridgehead atoms. The van der Waals surface area contributed by atoms with Crippen LogP contribution in [0.15, 0.2) is 53.3 Å². The number of anilines is 2. The first-order valence-electron chi connectivity index (χ1n) is 7.35. The number of sulfone groups is 1. The molecule has 1 N–H and O–H groups in total. The fraction of sp³-hybridized carbons (Fsp3) is 0.176. The number of aryl methyl sites for hydroxylation is 1. The molecule has 24 heavy (non-hydrogen) atoms. The molecule has 0 saturated heterocycles. The molecule has 0 saturated carbocycles. The maximum atomic E-state index is 11.2. The van der Waals surface area contributed by atoms with E-state index in [1.54, 1.807) is 0 Å². The number of nitrogens with zero attached hydrogens (tertiary/aromatic N) is 2. The van der Waals surface area contributed by atoms with Gasteiger partial charge in [0, 0.05) is 21.8 Å². The van der Waals surface area contributed by atoms with Gasteiger partial charge in [-0.15, -0.1) is 0 Å². The van der Waals surface area contributed by atoms with Crippen molar-refractivity contribution in [2.24, 2.45) is 0 Å². The molecule has 7 heteroatoms. The Labute approximate surface area is 149 Å². The van der Waals surface area contributed by atoms with Gasteiger partial charge in [0.1, 0.15) is 22.0 Å². The number of rotatable bonds is 5. The van der Waals surface area contributed by atoms with Gasteiger partial charge >= 0.3 is 0 Å². The summed E-state index contributed by atoms with van der Waals surface area (Å²) in [5.41, 5.74) is 2.74. The molecule has 0 atom stereocenters. The number of benzene rings is 2. The summed E-state index contributed by atoms with van der Waals surface area (Å²) in [6.07, 6.45) is 3.29. The van der Waals surface area contributed by atoms with E-state index < -0.39 is 9.84 Å². The van der Waals surface area contributed by atoms with E-state index in [-0.39, 0.29) is 5.75 Å². The summed E-state index contributed by atoms with van der Waals surface area (Å²) < 4.78 is 23.4. The van der Waals surface area contributed by atoms with Crippen LogP contribution in [0.4, 0.5) is 11.5 Å². The minimum absolute atomic E-state index is 0.157. The van der Waals surface area contributed by atoms with Gasteiger partial charge in [-0.05, 0) is 42.3 Å². The fourth-order valence-electron chi connectivity index (χ4n) is 2.32. The van der Waals surface area contributed by atoms with E-state index in [0.717, 1.165) is 32.4 Å². The van der Waals surface area contributed by atoms with Crippen LogP contribution in [0.1, 0.15) is 5.56 Å². The van der Waals surface area contributed by atoms with Gasteiger partial charge < -0.3 is 5.32 Å². The van der Waals surface area contributed by atoms with Crippen LogP contribution in [0.3, 0.4) is 0 Å². The third kappa shape index (κ3) is 4.30. The van der Waals surface area contributed by atoms with Gasteiger partial charge in [0.25, 0.3) is 0 Å². The van der Waals surface area contributed by atoms with E-state index in [4.69, 9.17) is 0 Å². The van der Waals surface area contributed by atoms with Gasteiger partial charge in [-0.2, -0.15) is 0 Å². The quantitative estimate of drug-likeness (QED) is 0.699. The summed E-state index contributed by atoms with van der Waals surface area (Å²) in [6, 6.07) is 13.5. The van der Waals surface area contributed by atoms with E-state index in [2.05, 4.69) is 31.2 Å². The van der Waals surface area contributed by atoms with Gasteiger partial charge in [0.15, 0.2) is 0 Å². The summed E-state index contributed by atoms with van der Waals surface area (Å²) in [4.78, 5) is 8.57. The molecule has 0 aliphatic heterocycles. The van der Waals surface area contributed by atoms with Crippen LogP contribution in [-0.2, 0) is 16.3 Å². The van der Waals surface area contributed by atoms with Crippen LogP contribution >= 0.6 is 15.9 Å². The fourth-order valence-corrected chi connectivity index (χ4v) is 3.29. The number of halogens is 1. The molecule has 3 aromatic rings. The minimum Gasteiger partial charge on any atom is -0.340 e. The number of hydrogen-bond donors (Lipinski definition) is 1. The molecule has 0 fully saturated rings. The van der Waals surface area contributed by atoms with Crippen LogP contribution in [0, 0.1) is 0 Å². The van der Waals surface area contributed by atoms with Crippen molar-refractivity contribution in [2.45, 2.75) is 6.42 Å². The molecule has 0 spiro atoms. The maximum Gasteiger partial charge on any atom is 0.147 e. The lowest BCUT2D eigenvalue weighted by Gasteiger charge is -2.09. The van der Waals surface area contributed by atoms with E-state index in [1.807, 2.05) is 42.5 Å². The molecule has 0 aliphatic carbocycles. The van der Waals surface area contributed by atoms with Crippen molar-refractivity contribution in [3.05, 3.63) is 58.8 Å². The zero-order chi connectivity index (χ0) is 17.2. The van der Waals surface area contributed by atoms with Crippen LogP contribution in [0.25, 0.3) is 10.9 Å². The Bertz CT molecular complexity index is 973. The predicted molar refractivity (Wildman–Crippen MR) is 100 cm³/mol. The molecule has 5 nitrogen and oxygen atoms in total. The SMILES string of the molecule is CS(=O)(=O)CCc1ccc(Nc2ncnc3ccc(Br)cc23)cc1. The largest absolute Gasteiger partial charge is 0.340 e. The van der Waals surface area contributed by atoms with Crippen LogP contribution in [-0.4, -0.2) is 30.4 Å². The van der Waals surface area contributed by atoms with Crippen molar-refractivity contribution in [3.63, 3.8) is 0 Å². The molecular formula is C17H16BrN3O2S. The first-order valence-corrected chi connectivity index (χ1v) is 10.2. The molecule has 1 heterocycles. The van der Waals surface area contributed by atoms with Crippen LogP contribution < -0.4 is 5.32 Å². The van der Waals surface area contributed by atoms with Crippen molar-refractivity contribution in [3.8, 4) is 0 Å². The number of fused-ring (bicyclic) bond motifs is 1. The standard InChI is InChI=1S/C17H16BrN3O2S/c1-24(22,23)9-8-12-2-5-14(6-3-12)21-17-15-10-13(18)4-7-16(15)19-11-20-17/h2-7,10-11H,8-9H2,1H3,(H,19,20,21). The molecular weight excluding hydrogens is 390 g/mol. The Hall–Kier alpha value is -1.99. The summed E-state index contributed by atoms with van der Waals surface area (Å²) in [5, 5.41) is 4.21. The summed E-state index contributed by atoms with van der Waals surface area (Å²) in [5.74, 6) is 0.884. The van der Waals surface area contributed by atoms with Crippen molar-refractivity contribution >= 4 is 48.2 Å². The summed E-state index contributed by atoms with van der Waals surface area (Å²) in [6.45, 7) is 0. The lowest BCUT2D eigenvalue weighted by atomic mass is 10.1. The van der Waals surface area contributed by atoms with E-state index in [9.17, 15) is 8.42 Å². The first kappa shape index (κ1) is 16.9. The summed E-state index contributed by atoms with van der Waals surface area (Å²) >= 11 is 3.46. The highest BCUT2D eigenvalue weighted by molar-refractivity contribution is 9.10. The highest BCUT2D eigenvalue weighted by Crippen LogP contribution is 2.26. The Balaban J connectivity index is 1.80. The Kier molecular flexibility index (Phi) is 4.82. The zero-order valence-corrected chi connectivity index (χ0v) is 15.4. The van der Waals surface area contributed by atoms with Crippen molar-refractivity contribution in [2.75, 3.05) is 17.3 Å². The van der Waals surface area contributed by atoms with Crippen LogP contribution in [0.2, 0.25) is 0 Å². The van der Waals surface area contributed by atoms with E-state index >= 15 is 0 Å². The van der Waals surface area contributed by atoms with Gasteiger partial charge in [-0.1, -0.05) is 28.1 Å². The minimum atomic E-state index is -2.95. The normalized spacial score (nSPS) is 11.6. The third-order valence-electron chi connectivity index (χ3n) is 3.58. The summed E-state index contributed by atoms with van der Waals surface area (Å²) in [7, 11) is -2.95. The smallest absolute Gasteiger partial charge is 0.147 e. The van der Waals surface area contributed by atoms with Crippen molar-refractivity contribution < 1.29 is 8.42 Å². The third-order valence-corrected chi connectivity index (χ3v) is 5.01. The molecule has 0 aliphatic rings. The molecule has 0 radical (unpaired) electrons. The number of hydrogen-bond acceptors (Lipinski definition) is 5. The second kappa shape index (κ2) is 6.86. The molecule has 124 valence electrons. The average Bonchev–Trinajstić information content (AvgIpc) is 2.54. The van der Waals surface area contributed by atoms with E-state index in [1.165, 1.54) is 12.6 Å². The Morgan fingerprint density at radius 3 is 2.54 bits per heavy atom. The molecule has 0 amide bonds. The number of nitrogens with one attached hydrogen (secondary N) is 1. The average molecular weight is 406 g/mol. The second-order valence-electron chi connectivity index (χ2n) is 5.59. The first-order chi connectivity index (χ1) is 11.4.